The Morgan fingerprint density at radius 3 is 1.50 bits per heavy atom. The predicted octanol–water partition coefficient (Wildman–Crippen LogP) is 8.76. The van der Waals surface area contributed by atoms with Crippen LogP contribution in [0.3, 0.4) is 0 Å². The van der Waals surface area contributed by atoms with Gasteiger partial charge in [0.15, 0.2) is 0 Å². The van der Waals surface area contributed by atoms with Crippen LogP contribution in [0.25, 0.3) is 0 Å². The number of aromatic carboxylic acids is 1. The largest absolute Gasteiger partial charge is 0.478 e. The number of unbranched alkanes of at least 4 members (excludes halogenated alkanes) is 17. The number of hydrogen-bond donors (Lipinski definition) is 2. The molecule has 0 spiro atoms. The molecule has 1 aromatic carbocycles. The summed E-state index contributed by atoms with van der Waals surface area (Å²) in [6, 6.07) is 6.54. The molecule has 0 aliphatic carbocycles. The lowest BCUT2D eigenvalue weighted by Crippen LogP contribution is -2.14. The van der Waals surface area contributed by atoms with Crippen molar-refractivity contribution in [1.29, 1.82) is 0 Å². The molecule has 0 aromatic heterocycles. The van der Waals surface area contributed by atoms with Gasteiger partial charge in [0.1, 0.15) is 0 Å². The van der Waals surface area contributed by atoms with Crippen LogP contribution in [0, 0.1) is 0 Å². The van der Waals surface area contributed by atoms with E-state index in [1.165, 1.54) is 109 Å². The Labute approximate surface area is 196 Å². The lowest BCUT2D eigenvalue weighted by molar-refractivity contribution is -0.116. The zero-order chi connectivity index (χ0) is 23.3. The number of para-hydroxylation sites is 1. The number of benzene rings is 1. The molecule has 1 aromatic rings. The molecule has 4 heteroatoms. The first-order chi connectivity index (χ1) is 15.6. The summed E-state index contributed by atoms with van der Waals surface area (Å²) in [5, 5.41) is 11.9. The molecule has 0 aliphatic heterocycles. The molecule has 0 aliphatic rings. The molecule has 1 rings (SSSR count). The minimum atomic E-state index is -1.02. The minimum absolute atomic E-state index is 0.102. The summed E-state index contributed by atoms with van der Waals surface area (Å²) in [6.07, 6.45) is 24.3. The van der Waals surface area contributed by atoms with Crippen molar-refractivity contribution in [3.8, 4) is 0 Å². The number of carbonyl (C=O) groups excluding carboxylic acids is 1. The Morgan fingerprint density at radius 2 is 1.06 bits per heavy atom. The van der Waals surface area contributed by atoms with Crippen molar-refractivity contribution >= 4 is 17.6 Å². The summed E-state index contributed by atoms with van der Waals surface area (Å²) in [4.78, 5) is 23.2. The highest BCUT2D eigenvalue weighted by molar-refractivity contribution is 6.00. The van der Waals surface area contributed by atoms with Crippen LogP contribution in [-0.4, -0.2) is 17.0 Å². The molecule has 0 radical (unpaired) electrons. The van der Waals surface area contributed by atoms with E-state index < -0.39 is 5.97 Å². The van der Waals surface area contributed by atoms with Gasteiger partial charge in [0.25, 0.3) is 0 Å². The van der Waals surface area contributed by atoms with Gasteiger partial charge < -0.3 is 10.4 Å². The van der Waals surface area contributed by atoms with E-state index in [9.17, 15) is 9.59 Å². The molecule has 0 atom stereocenters. The Kier molecular flexibility index (Phi) is 17.5. The van der Waals surface area contributed by atoms with E-state index in [-0.39, 0.29) is 11.5 Å². The normalized spacial score (nSPS) is 10.9. The van der Waals surface area contributed by atoms with Gasteiger partial charge in [-0.1, -0.05) is 128 Å². The molecule has 0 bridgehead atoms. The summed E-state index contributed by atoms with van der Waals surface area (Å²) in [6.45, 7) is 2.28. The van der Waals surface area contributed by atoms with Crippen molar-refractivity contribution in [2.75, 3.05) is 5.32 Å². The first-order valence-electron chi connectivity index (χ1n) is 13.3. The second-order valence-corrected chi connectivity index (χ2v) is 9.16. The maximum atomic E-state index is 12.1. The number of nitrogens with one attached hydrogen (secondary N) is 1. The highest BCUT2D eigenvalue weighted by atomic mass is 16.4. The number of hydrogen-bond acceptors (Lipinski definition) is 2. The van der Waals surface area contributed by atoms with Crippen molar-refractivity contribution in [3.05, 3.63) is 29.8 Å². The molecule has 4 nitrogen and oxygen atoms in total. The fourth-order valence-electron chi connectivity index (χ4n) is 4.18. The zero-order valence-corrected chi connectivity index (χ0v) is 20.5. The molecule has 32 heavy (non-hydrogen) atoms. The zero-order valence-electron chi connectivity index (χ0n) is 20.5. The van der Waals surface area contributed by atoms with E-state index in [1.54, 1.807) is 18.2 Å². The number of rotatable bonds is 21. The topological polar surface area (TPSA) is 66.4 Å². The number of carboxylic acid groups (broad SMARTS) is 1. The third-order valence-corrected chi connectivity index (χ3v) is 6.19. The van der Waals surface area contributed by atoms with Crippen molar-refractivity contribution in [3.63, 3.8) is 0 Å². The maximum Gasteiger partial charge on any atom is 0.337 e. The monoisotopic (exact) mass is 445 g/mol. The van der Waals surface area contributed by atoms with Crippen LogP contribution in [0.4, 0.5) is 5.69 Å². The number of carbonyl (C=O) groups is 2. The molecule has 0 fully saturated rings. The number of carboxylic acids is 1. The summed E-state index contributed by atoms with van der Waals surface area (Å²) < 4.78 is 0. The number of anilines is 1. The average molecular weight is 446 g/mol. The van der Waals surface area contributed by atoms with Gasteiger partial charge in [-0.25, -0.2) is 4.79 Å². The molecule has 182 valence electrons. The Balaban J connectivity index is 1.85. The van der Waals surface area contributed by atoms with Gasteiger partial charge in [-0.05, 0) is 18.6 Å². The lowest BCUT2D eigenvalue weighted by Gasteiger charge is -2.08. The van der Waals surface area contributed by atoms with Crippen LogP contribution >= 0.6 is 0 Å². The summed E-state index contributed by atoms with van der Waals surface area (Å²) >= 11 is 0. The van der Waals surface area contributed by atoms with Crippen molar-refractivity contribution in [2.24, 2.45) is 0 Å². The molecule has 0 saturated heterocycles. The van der Waals surface area contributed by atoms with E-state index in [0.717, 1.165) is 12.8 Å². The predicted molar refractivity (Wildman–Crippen MR) is 135 cm³/mol. The third-order valence-electron chi connectivity index (χ3n) is 6.19. The van der Waals surface area contributed by atoms with E-state index in [2.05, 4.69) is 12.2 Å². The molecule has 0 unspecified atom stereocenters. The van der Waals surface area contributed by atoms with E-state index in [0.29, 0.717) is 12.1 Å². The lowest BCUT2D eigenvalue weighted by atomic mass is 10.0. The molecule has 0 heterocycles. The fraction of sp³-hybridized carbons (Fsp3) is 0.714. The molecule has 1 amide bonds. The van der Waals surface area contributed by atoms with Crippen molar-refractivity contribution in [2.45, 2.75) is 129 Å². The van der Waals surface area contributed by atoms with Gasteiger partial charge in [-0.15, -0.1) is 0 Å². The Bertz CT molecular complexity index is 614. The van der Waals surface area contributed by atoms with Gasteiger partial charge in [-0.2, -0.15) is 0 Å². The molecular formula is C28H47NO3. The van der Waals surface area contributed by atoms with Crippen LogP contribution in [0.2, 0.25) is 0 Å². The van der Waals surface area contributed by atoms with E-state index >= 15 is 0 Å². The van der Waals surface area contributed by atoms with E-state index in [1.807, 2.05) is 0 Å². The van der Waals surface area contributed by atoms with Crippen LogP contribution in [0.5, 0.6) is 0 Å². The third kappa shape index (κ3) is 15.0. The summed E-state index contributed by atoms with van der Waals surface area (Å²) in [5.74, 6) is -1.12. The van der Waals surface area contributed by atoms with Gasteiger partial charge in [0.2, 0.25) is 5.91 Å². The highest BCUT2D eigenvalue weighted by Gasteiger charge is 2.11. The Hall–Kier alpha value is -1.84. The second-order valence-electron chi connectivity index (χ2n) is 9.16. The van der Waals surface area contributed by atoms with Crippen LogP contribution in [-0.2, 0) is 4.79 Å². The standard InChI is InChI=1S/C28H47NO3/c1-2-3-4-5-6-7-8-9-10-11-12-13-14-15-16-17-18-19-24-27(30)29-26-23-21-20-22-25(26)28(31)32/h20-23H,2-19,24H2,1H3,(H,29,30)(H,31,32). The van der Waals surface area contributed by atoms with Crippen LogP contribution in [0.15, 0.2) is 24.3 Å². The van der Waals surface area contributed by atoms with Crippen LogP contribution < -0.4 is 5.32 Å². The average Bonchev–Trinajstić information content (AvgIpc) is 2.78. The quantitative estimate of drug-likeness (QED) is 0.186. The van der Waals surface area contributed by atoms with Gasteiger partial charge >= 0.3 is 5.97 Å². The second kappa shape index (κ2) is 19.8. The van der Waals surface area contributed by atoms with Gasteiger partial charge in [-0.3, -0.25) is 4.79 Å². The van der Waals surface area contributed by atoms with Crippen molar-refractivity contribution < 1.29 is 14.7 Å². The molecular weight excluding hydrogens is 398 g/mol. The van der Waals surface area contributed by atoms with Gasteiger partial charge in [0.05, 0.1) is 11.3 Å². The fourth-order valence-corrected chi connectivity index (χ4v) is 4.18. The maximum absolute atomic E-state index is 12.1. The SMILES string of the molecule is CCCCCCCCCCCCCCCCCCCCC(=O)Nc1ccccc1C(=O)O. The summed E-state index contributed by atoms with van der Waals surface area (Å²) in [5.41, 5.74) is 0.520. The highest BCUT2D eigenvalue weighted by Crippen LogP contribution is 2.17. The smallest absolute Gasteiger partial charge is 0.337 e. The first-order valence-corrected chi connectivity index (χ1v) is 13.3. The number of amides is 1. The molecule has 0 saturated carbocycles. The van der Waals surface area contributed by atoms with Crippen molar-refractivity contribution in [1.82, 2.24) is 0 Å². The minimum Gasteiger partial charge on any atom is -0.478 e. The Morgan fingerprint density at radius 1 is 0.656 bits per heavy atom. The van der Waals surface area contributed by atoms with E-state index in [4.69, 9.17) is 5.11 Å². The molecule has 2 N–H and O–H groups in total. The van der Waals surface area contributed by atoms with Crippen LogP contribution in [0.1, 0.15) is 139 Å². The van der Waals surface area contributed by atoms with Gasteiger partial charge in [0, 0.05) is 6.42 Å². The summed E-state index contributed by atoms with van der Waals surface area (Å²) in [7, 11) is 0. The first kappa shape index (κ1) is 28.2.